The molecule has 32 heavy (non-hydrogen) atoms. The molecule has 0 amide bonds. The van der Waals surface area contributed by atoms with Crippen LogP contribution in [0.4, 0.5) is 11.4 Å². The Morgan fingerprint density at radius 2 is 2.00 bits per heavy atom. The molecule has 1 aromatic carbocycles. The van der Waals surface area contributed by atoms with Crippen LogP contribution < -0.4 is 14.7 Å². The molecule has 2 aromatic rings. The molecule has 9 nitrogen and oxygen atoms in total. The van der Waals surface area contributed by atoms with Crippen LogP contribution in [-0.2, 0) is 47.7 Å². The SMILES string of the molecule is Cn1cc(N(C[C@@H]2CCOC2)S(=O)(=O)/N=C(\[O-])Nc2c3c(cc4c2CCC4)CCC3)cn1. The summed E-state index contributed by atoms with van der Waals surface area (Å²) in [5.41, 5.74) is 5.98. The lowest BCUT2D eigenvalue weighted by molar-refractivity contribution is -0.213. The summed E-state index contributed by atoms with van der Waals surface area (Å²) in [6, 6.07) is 1.41. The molecular weight excluding hydrogens is 430 g/mol. The third kappa shape index (κ3) is 4.09. The lowest BCUT2D eigenvalue weighted by atomic mass is 9.99. The number of hydrogen-bond acceptors (Lipinski definition) is 5. The van der Waals surface area contributed by atoms with Gasteiger partial charge in [0, 0.05) is 38.0 Å². The Balaban J connectivity index is 1.45. The Morgan fingerprint density at radius 1 is 1.28 bits per heavy atom. The Hall–Kier alpha value is -2.59. The molecule has 5 rings (SSSR count). The number of anilines is 2. The maximum Gasteiger partial charge on any atom is 0.345 e. The second-order valence-electron chi connectivity index (χ2n) is 8.87. The van der Waals surface area contributed by atoms with E-state index < -0.39 is 16.2 Å². The van der Waals surface area contributed by atoms with Gasteiger partial charge in [-0.25, -0.2) is 4.31 Å². The van der Waals surface area contributed by atoms with Crippen molar-refractivity contribution in [2.24, 2.45) is 17.4 Å². The molecule has 1 aromatic heterocycles. The van der Waals surface area contributed by atoms with Crippen LogP contribution in [0.15, 0.2) is 22.9 Å². The fourth-order valence-electron chi connectivity index (χ4n) is 5.08. The van der Waals surface area contributed by atoms with Gasteiger partial charge in [-0.1, -0.05) is 6.07 Å². The Labute approximate surface area is 188 Å². The first-order chi connectivity index (χ1) is 15.4. The number of nitrogens with zero attached hydrogens (tertiary/aromatic N) is 4. The van der Waals surface area contributed by atoms with Crippen molar-refractivity contribution in [2.75, 3.05) is 29.4 Å². The summed E-state index contributed by atoms with van der Waals surface area (Å²) in [5, 5.41) is 19.8. The molecule has 3 aliphatic rings. The zero-order valence-corrected chi connectivity index (χ0v) is 19.0. The number of fused-ring (bicyclic) bond motifs is 2. The minimum Gasteiger partial charge on any atom is -0.845 e. The number of hydrogen-bond donors (Lipinski definition) is 1. The van der Waals surface area contributed by atoms with E-state index in [1.165, 1.54) is 26.3 Å². The van der Waals surface area contributed by atoms with Crippen molar-refractivity contribution in [3.05, 3.63) is 40.7 Å². The average Bonchev–Trinajstić information content (AvgIpc) is 3.52. The molecule has 10 heteroatoms. The van der Waals surface area contributed by atoms with Crippen molar-refractivity contribution in [1.82, 2.24) is 9.78 Å². The molecule has 0 spiro atoms. The van der Waals surface area contributed by atoms with Gasteiger partial charge in [0.2, 0.25) is 0 Å². The average molecular weight is 459 g/mol. The first-order valence-corrected chi connectivity index (χ1v) is 12.6. The number of ether oxygens (including phenoxy) is 1. The van der Waals surface area contributed by atoms with E-state index in [4.69, 9.17) is 4.74 Å². The van der Waals surface area contributed by atoms with Crippen LogP contribution in [-0.4, -0.2) is 44.0 Å². The van der Waals surface area contributed by atoms with Crippen LogP contribution in [0.3, 0.4) is 0 Å². The van der Waals surface area contributed by atoms with Crippen molar-refractivity contribution < 1.29 is 18.3 Å². The highest BCUT2D eigenvalue weighted by molar-refractivity contribution is 7.91. The van der Waals surface area contributed by atoms with Crippen molar-refractivity contribution in [1.29, 1.82) is 0 Å². The Morgan fingerprint density at radius 3 is 2.59 bits per heavy atom. The number of amidine groups is 1. The van der Waals surface area contributed by atoms with Gasteiger partial charge < -0.3 is 15.2 Å². The molecule has 1 atom stereocenters. The quantitative estimate of drug-likeness (QED) is 0.516. The number of aromatic nitrogens is 2. The molecule has 172 valence electrons. The predicted molar refractivity (Wildman–Crippen MR) is 120 cm³/mol. The number of nitrogens with one attached hydrogen (secondary N) is 1. The molecule has 2 aliphatic carbocycles. The molecule has 1 aliphatic heterocycles. The molecule has 0 bridgehead atoms. The smallest absolute Gasteiger partial charge is 0.345 e. The first-order valence-electron chi connectivity index (χ1n) is 11.2. The van der Waals surface area contributed by atoms with Gasteiger partial charge in [0.25, 0.3) is 0 Å². The molecule has 1 saturated heterocycles. The molecule has 0 saturated carbocycles. The second kappa shape index (κ2) is 8.40. The summed E-state index contributed by atoms with van der Waals surface area (Å²) in [4.78, 5) is 0. The van der Waals surface area contributed by atoms with E-state index in [2.05, 4.69) is 20.9 Å². The first kappa shape index (κ1) is 21.3. The fraction of sp³-hybridized carbons (Fsp3) is 0.545. The van der Waals surface area contributed by atoms with Crippen molar-refractivity contribution >= 4 is 27.6 Å². The summed E-state index contributed by atoms with van der Waals surface area (Å²) >= 11 is 0. The zero-order chi connectivity index (χ0) is 22.3. The maximum atomic E-state index is 13.2. The minimum absolute atomic E-state index is 0.0453. The highest BCUT2D eigenvalue weighted by Crippen LogP contribution is 2.38. The summed E-state index contributed by atoms with van der Waals surface area (Å²) in [6.07, 6.45) is 9.74. The van der Waals surface area contributed by atoms with Gasteiger partial charge >= 0.3 is 10.2 Å². The normalized spacial score (nSPS) is 20.4. The monoisotopic (exact) mass is 458 g/mol. The zero-order valence-electron chi connectivity index (χ0n) is 18.2. The molecule has 1 N–H and O–H groups in total. The van der Waals surface area contributed by atoms with E-state index in [9.17, 15) is 13.5 Å². The second-order valence-corrected chi connectivity index (χ2v) is 10.4. The molecular formula is C22H28N5O4S-. The van der Waals surface area contributed by atoms with E-state index in [1.54, 1.807) is 13.2 Å². The third-order valence-electron chi connectivity index (χ3n) is 6.61. The van der Waals surface area contributed by atoms with Crippen LogP contribution in [0.25, 0.3) is 0 Å². The summed E-state index contributed by atoms with van der Waals surface area (Å²) < 4.78 is 38.2. The maximum absolute atomic E-state index is 13.2. The van der Waals surface area contributed by atoms with E-state index >= 15 is 0 Å². The lowest BCUT2D eigenvalue weighted by Gasteiger charge is -2.25. The fourth-order valence-corrected chi connectivity index (χ4v) is 6.20. The predicted octanol–water partition coefficient (Wildman–Crippen LogP) is 1.31. The van der Waals surface area contributed by atoms with Gasteiger partial charge in [-0.05, 0) is 67.2 Å². The number of rotatable bonds is 6. The third-order valence-corrected chi connectivity index (χ3v) is 7.92. The van der Waals surface area contributed by atoms with Crippen LogP contribution in [0.2, 0.25) is 0 Å². The summed E-state index contributed by atoms with van der Waals surface area (Å²) in [6.45, 7) is 1.29. The van der Waals surface area contributed by atoms with Crippen molar-refractivity contribution in [3.8, 4) is 0 Å². The largest absolute Gasteiger partial charge is 0.845 e. The van der Waals surface area contributed by atoms with Crippen molar-refractivity contribution in [2.45, 2.75) is 44.9 Å². The number of benzene rings is 1. The Kier molecular flexibility index (Phi) is 5.58. The van der Waals surface area contributed by atoms with Crippen LogP contribution in [0.5, 0.6) is 0 Å². The van der Waals surface area contributed by atoms with Crippen LogP contribution in [0.1, 0.15) is 41.5 Å². The van der Waals surface area contributed by atoms with Gasteiger partial charge in [0.05, 0.1) is 24.5 Å². The Bertz CT molecular complexity index is 1120. The lowest BCUT2D eigenvalue weighted by Crippen LogP contribution is -2.37. The highest BCUT2D eigenvalue weighted by Gasteiger charge is 2.29. The van der Waals surface area contributed by atoms with Crippen molar-refractivity contribution in [3.63, 3.8) is 0 Å². The molecule has 0 radical (unpaired) electrons. The van der Waals surface area contributed by atoms with Gasteiger partial charge in [0.1, 0.15) is 0 Å². The molecule has 2 heterocycles. The van der Waals surface area contributed by atoms with Gasteiger partial charge in [0.15, 0.2) is 0 Å². The van der Waals surface area contributed by atoms with Gasteiger partial charge in [-0.3, -0.25) is 4.68 Å². The topological polar surface area (TPSA) is 112 Å². The summed E-state index contributed by atoms with van der Waals surface area (Å²) in [7, 11) is -2.54. The number of aryl methyl sites for hydroxylation is 3. The van der Waals surface area contributed by atoms with E-state index in [0.29, 0.717) is 18.9 Å². The van der Waals surface area contributed by atoms with Crippen LogP contribution >= 0.6 is 0 Å². The minimum atomic E-state index is -4.26. The molecule has 1 fully saturated rings. The van der Waals surface area contributed by atoms with Crippen LogP contribution in [0, 0.1) is 5.92 Å². The van der Waals surface area contributed by atoms with E-state index in [0.717, 1.165) is 61.8 Å². The van der Waals surface area contributed by atoms with Gasteiger partial charge in [-0.15, -0.1) is 4.40 Å². The molecule has 0 unspecified atom stereocenters. The van der Waals surface area contributed by atoms with Gasteiger partial charge in [-0.2, -0.15) is 13.5 Å². The standard InChI is InChI=1S/C22H29N5O4S/c1-26-13-18(11-23-26)27(12-15-8-9-31-14-15)32(29,30)25-22(28)24-21-19-6-2-4-16(19)10-17-5-3-7-20(17)21/h10-11,13,15H,2-9,12,14H2,1H3,(H2,24,25,28)/p-1/t15-/m0/s1. The van der Waals surface area contributed by atoms with E-state index in [1.807, 2.05) is 0 Å². The highest BCUT2D eigenvalue weighted by atomic mass is 32.2. The van der Waals surface area contributed by atoms with E-state index in [-0.39, 0.29) is 12.5 Å². The summed E-state index contributed by atoms with van der Waals surface area (Å²) in [5.74, 6) is 0.0453.